The molecule has 3 heteroatoms. The summed E-state index contributed by atoms with van der Waals surface area (Å²) in [5, 5.41) is 1.22. The van der Waals surface area contributed by atoms with Crippen LogP contribution in [0.1, 0.15) is 15.9 Å². The highest BCUT2D eigenvalue weighted by molar-refractivity contribution is 14.1. The van der Waals surface area contributed by atoms with Gasteiger partial charge < -0.3 is 0 Å². The summed E-state index contributed by atoms with van der Waals surface area (Å²) in [5.74, 6) is 0. The van der Waals surface area contributed by atoms with E-state index in [2.05, 4.69) is 52.7 Å². The lowest BCUT2D eigenvalue weighted by Crippen LogP contribution is -1.78. The Morgan fingerprint density at radius 2 is 2.17 bits per heavy atom. The second kappa shape index (κ2) is 3.30. The molecule has 1 aromatic heterocycles. The van der Waals surface area contributed by atoms with Gasteiger partial charge in [-0.25, -0.2) is 4.98 Å². The van der Waals surface area contributed by atoms with Crippen LogP contribution in [-0.4, -0.2) is 4.98 Å². The predicted molar refractivity (Wildman–Crippen MR) is 62.1 cm³/mol. The first-order valence-electron chi connectivity index (χ1n) is 3.77. The van der Waals surface area contributed by atoms with Crippen molar-refractivity contribution >= 4 is 44.1 Å². The lowest BCUT2D eigenvalue weighted by Gasteiger charge is -1.92. The van der Waals surface area contributed by atoms with E-state index in [9.17, 15) is 0 Å². The van der Waals surface area contributed by atoms with Crippen LogP contribution >= 0.6 is 33.9 Å². The summed E-state index contributed by atoms with van der Waals surface area (Å²) in [4.78, 5) is 4.52. The van der Waals surface area contributed by atoms with Crippen molar-refractivity contribution in [3.05, 3.63) is 29.3 Å². The molecule has 62 valence electrons. The Hall–Kier alpha value is -0.160. The van der Waals surface area contributed by atoms with Gasteiger partial charge in [0.1, 0.15) is 5.01 Å². The summed E-state index contributed by atoms with van der Waals surface area (Å²) in [5.41, 5.74) is 1.13. The van der Waals surface area contributed by atoms with Gasteiger partial charge in [-0.1, -0.05) is 34.7 Å². The van der Waals surface area contributed by atoms with Crippen LogP contribution in [0.2, 0.25) is 0 Å². The SMILES string of the molecule is CC(I)c1nc2ccccc2s1. The van der Waals surface area contributed by atoms with Gasteiger partial charge in [0.2, 0.25) is 0 Å². The van der Waals surface area contributed by atoms with Crippen LogP contribution in [0.25, 0.3) is 10.2 Å². The van der Waals surface area contributed by atoms with E-state index in [0.29, 0.717) is 3.92 Å². The zero-order valence-corrected chi connectivity index (χ0v) is 9.59. The first-order chi connectivity index (χ1) is 5.77. The molecule has 0 amide bonds. The Kier molecular flexibility index (Phi) is 2.32. The van der Waals surface area contributed by atoms with Crippen LogP contribution in [0, 0.1) is 0 Å². The molecular weight excluding hydrogens is 281 g/mol. The van der Waals surface area contributed by atoms with Gasteiger partial charge in [0, 0.05) is 0 Å². The molecule has 0 fully saturated rings. The zero-order valence-electron chi connectivity index (χ0n) is 6.62. The van der Waals surface area contributed by atoms with Gasteiger partial charge in [-0.3, -0.25) is 0 Å². The molecule has 0 saturated heterocycles. The number of rotatable bonds is 1. The van der Waals surface area contributed by atoms with Crippen molar-refractivity contribution in [2.45, 2.75) is 10.8 Å². The minimum atomic E-state index is 0.514. The molecule has 2 aromatic rings. The summed E-state index contributed by atoms with van der Waals surface area (Å²) < 4.78 is 1.80. The molecule has 1 aromatic carbocycles. The standard InChI is InChI=1S/C9H8INS/c1-6(10)9-11-7-4-2-3-5-8(7)12-9/h2-6H,1H3. The van der Waals surface area contributed by atoms with E-state index in [0.717, 1.165) is 5.52 Å². The smallest absolute Gasteiger partial charge is 0.106 e. The fraction of sp³-hybridized carbons (Fsp3) is 0.222. The van der Waals surface area contributed by atoms with Gasteiger partial charge in [-0.15, -0.1) is 11.3 Å². The molecule has 1 atom stereocenters. The highest BCUT2D eigenvalue weighted by atomic mass is 127. The maximum atomic E-state index is 4.52. The molecule has 1 heterocycles. The van der Waals surface area contributed by atoms with Crippen LogP contribution < -0.4 is 0 Å². The molecule has 0 N–H and O–H groups in total. The fourth-order valence-corrected chi connectivity index (χ4v) is 2.48. The van der Waals surface area contributed by atoms with Crippen molar-refractivity contribution in [2.75, 3.05) is 0 Å². The van der Waals surface area contributed by atoms with Gasteiger partial charge in [-0.2, -0.15) is 0 Å². The lowest BCUT2D eigenvalue weighted by atomic mass is 10.3. The monoisotopic (exact) mass is 289 g/mol. The summed E-state index contributed by atoms with van der Waals surface area (Å²) >= 11 is 4.18. The Morgan fingerprint density at radius 3 is 2.83 bits per heavy atom. The van der Waals surface area contributed by atoms with E-state index >= 15 is 0 Å². The van der Waals surface area contributed by atoms with Crippen molar-refractivity contribution in [3.8, 4) is 0 Å². The second-order valence-electron chi connectivity index (χ2n) is 2.64. The minimum absolute atomic E-state index is 0.514. The van der Waals surface area contributed by atoms with E-state index < -0.39 is 0 Å². The maximum Gasteiger partial charge on any atom is 0.106 e. The third-order valence-electron chi connectivity index (χ3n) is 1.65. The number of aromatic nitrogens is 1. The van der Waals surface area contributed by atoms with E-state index in [4.69, 9.17) is 0 Å². The van der Waals surface area contributed by atoms with Crippen molar-refractivity contribution in [2.24, 2.45) is 0 Å². The third-order valence-corrected chi connectivity index (χ3v) is 3.88. The van der Waals surface area contributed by atoms with Crippen molar-refractivity contribution in [3.63, 3.8) is 0 Å². The van der Waals surface area contributed by atoms with Crippen LogP contribution in [0.4, 0.5) is 0 Å². The van der Waals surface area contributed by atoms with Crippen molar-refractivity contribution in [1.82, 2.24) is 4.98 Å². The predicted octanol–water partition coefficient (Wildman–Crippen LogP) is 3.79. The second-order valence-corrected chi connectivity index (χ2v) is 5.57. The van der Waals surface area contributed by atoms with Gasteiger partial charge in [-0.05, 0) is 19.1 Å². The number of hydrogen-bond acceptors (Lipinski definition) is 2. The van der Waals surface area contributed by atoms with Crippen LogP contribution in [0.5, 0.6) is 0 Å². The molecule has 0 aliphatic carbocycles. The first-order valence-corrected chi connectivity index (χ1v) is 5.83. The molecule has 12 heavy (non-hydrogen) atoms. The molecule has 0 aliphatic rings. The van der Waals surface area contributed by atoms with Gasteiger partial charge in [0.15, 0.2) is 0 Å². The average molecular weight is 289 g/mol. The number of alkyl halides is 1. The number of halogens is 1. The van der Waals surface area contributed by atoms with E-state index in [1.54, 1.807) is 11.3 Å². The minimum Gasteiger partial charge on any atom is -0.240 e. The molecule has 2 rings (SSSR count). The summed E-state index contributed by atoms with van der Waals surface area (Å²) in [6, 6.07) is 8.27. The quantitative estimate of drug-likeness (QED) is 0.575. The summed E-state index contributed by atoms with van der Waals surface area (Å²) in [6.45, 7) is 2.16. The maximum absolute atomic E-state index is 4.52. The number of para-hydroxylation sites is 1. The molecule has 0 bridgehead atoms. The van der Waals surface area contributed by atoms with Crippen LogP contribution in [0.3, 0.4) is 0 Å². The molecule has 1 unspecified atom stereocenters. The highest BCUT2D eigenvalue weighted by Crippen LogP contribution is 2.30. The number of hydrogen-bond donors (Lipinski definition) is 0. The van der Waals surface area contributed by atoms with E-state index in [-0.39, 0.29) is 0 Å². The van der Waals surface area contributed by atoms with Gasteiger partial charge in [0.05, 0.1) is 14.1 Å². The average Bonchev–Trinajstić information content (AvgIpc) is 2.46. The Morgan fingerprint density at radius 1 is 1.42 bits per heavy atom. The Bertz CT molecular complexity index is 361. The van der Waals surface area contributed by atoms with Crippen LogP contribution in [0.15, 0.2) is 24.3 Å². The third kappa shape index (κ3) is 1.47. The molecule has 1 nitrogen and oxygen atoms in total. The molecular formula is C9H8INS. The van der Waals surface area contributed by atoms with Crippen molar-refractivity contribution in [1.29, 1.82) is 0 Å². The number of nitrogens with zero attached hydrogens (tertiary/aromatic N) is 1. The fourth-order valence-electron chi connectivity index (χ4n) is 1.06. The highest BCUT2D eigenvalue weighted by Gasteiger charge is 2.06. The van der Waals surface area contributed by atoms with Crippen molar-refractivity contribution < 1.29 is 0 Å². The number of benzene rings is 1. The first kappa shape index (κ1) is 8.44. The van der Waals surface area contributed by atoms with Gasteiger partial charge in [0.25, 0.3) is 0 Å². The normalized spacial score (nSPS) is 13.5. The Labute approximate surface area is 89.0 Å². The summed E-state index contributed by atoms with van der Waals surface area (Å²) in [6.07, 6.45) is 0. The lowest BCUT2D eigenvalue weighted by molar-refractivity contribution is 1.11. The number of thiazole rings is 1. The largest absolute Gasteiger partial charge is 0.240 e. The molecule has 0 spiro atoms. The molecule has 0 radical (unpaired) electrons. The van der Waals surface area contributed by atoms with E-state index in [1.165, 1.54) is 9.71 Å². The Balaban J connectivity index is 2.62. The van der Waals surface area contributed by atoms with Crippen LogP contribution in [-0.2, 0) is 0 Å². The summed E-state index contributed by atoms with van der Waals surface area (Å²) in [7, 11) is 0. The van der Waals surface area contributed by atoms with E-state index in [1.807, 2.05) is 6.07 Å². The molecule has 0 saturated carbocycles. The molecule has 0 aliphatic heterocycles. The topological polar surface area (TPSA) is 12.9 Å². The number of fused-ring (bicyclic) bond motifs is 1. The zero-order chi connectivity index (χ0) is 8.55. The van der Waals surface area contributed by atoms with Gasteiger partial charge >= 0.3 is 0 Å².